The minimum absolute atomic E-state index is 0.128. The molecule has 0 saturated heterocycles. The highest BCUT2D eigenvalue weighted by Crippen LogP contribution is 2.44. The number of fused-ring (bicyclic) bond motifs is 1. The zero-order valence-corrected chi connectivity index (χ0v) is 12.2. The molecule has 1 aromatic carbocycles. The summed E-state index contributed by atoms with van der Waals surface area (Å²) in [5.41, 5.74) is 1.60. The van der Waals surface area contributed by atoms with Gasteiger partial charge in [0.05, 0.1) is 10.6 Å². The Kier molecular flexibility index (Phi) is 3.55. The van der Waals surface area contributed by atoms with Gasteiger partial charge in [-0.3, -0.25) is 10.3 Å². The number of aliphatic hydroxyl groups is 1. The fourth-order valence-electron chi connectivity index (χ4n) is 1.35. The van der Waals surface area contributed by atoms with Gasteiger partial charge in [-0.05, 0) is 39.8 Å². The Balaban J connectivity index is 2.16. The van der Waals surface area contributed by atoms with Crippen LogP contribution in [-0.2, 0) is 4.84 Å². The van der Waals surface area contributed by atoms with E-state index in [2.05, 4.69) is 5.48 Å². The number of hydrogen-bond acceptors (Lipinski definition) is 5. The summed E-state index contributed by atoms with van der Waals surface area (Å²) < 4.78 is 10.6. The fourth-order valence-corrected chi connectivity index (χ4v) is 1.55. The van der Waals surface area contributed by atoms with Crippen LogP contribution in [0.5, 0.6) is 11.5 Å². The molecule has 1 aromatic rings. The summed E-state index contributed by atoms with van der Waals surface area (Å²) in [6.07, 6.45) is 0. The van der Waals surface area contributed by atoms with Crippen molar-refractivity contribution in [2.24, 2.45) is 0 Å². The Hall–Kier alpha value is -1.17. The van der Waals surface area contributed by atoms with E-state index in [0.29, 0.717) is 22.2 Å². The maximum atomic E-state index is 10.0. The highest BCUT2D eigenvalue weighted by Gasteiger charge is 2.37. The van der Waals surface area contributed by atoms with Gasteiger partial charge in [0, 0.05) is 0 Å². The van der Waals surface area contributed by atoms with E-state index >= 15 is 0 Å². The van der Waals surface area contributed by atoms with Crippen molar-refractivity contribution in [2.45, 2.75) is 38.9 Å². The minimum atomic E-state index is -1.01. The lowest BCUT2D eigenvalue weighted by atomic mass is 9.90. The Labute approximate surface area is 117 Å². The van der Waals surface area contributed by atoms with Crippen LogP contribution in [0.2, 0.25) is 5.02 Å². The number of benzene rings is 1. The summed E-state index contributed by atoms with van der Waals surface area (Å²) in [5.74, 6) is 1.01. The lowest BCUT2D eigenvalue weighted by Crippen LogP contribution is -2.48. The number of nitrogens with one attached hydrogen (secondary N) is 1. The molecule has 106 valence electrons. The molecule has 6 heteroatoms. The maximum Gasteiger partial charge on any atom is 0.231 e. The first-order chi connectivity index (χ1) is 8.72. The Bertz CT molecular complexity index is 482. The number of ether oxygens (including phenoxy) is 2. The van der Waals surface area contributed by atoms with Crippen LogP contribution in [0.4, 0.5) is 5.69 Å². The molecule has 1 heterocycles. The molecule has 0 spiro atoms. The van der Waals surface area contributed by atoms with Crippen LogP contribution in [0, 0.1) is 0 Å². The van der Waals surface area contributed by atoms with Gasteiger partial charge in [-0.25, -0.2) is 0 Å². The normalized spacial score (nSPS) is 14.6. The van der Waals surface area contributed by atoms with Crippen molar-refractivity contribution < 1.29 is 19.4 Å². The lowest BCUT2D eigenvalue weighted by Gasteiger charge is -2.36. The quantitative estimate of drug-likeness (QED) is 0.834. The van der Waals surface area contributed by atoms with Crippen LogP contribution in [0.1, 0.15) is 27.7 Å². The number of rotatable bonds is 4. The van der Waals surface area contributed by atoms with Crippen LogP contribution in [0.15, 0.2) is 12.1 Å². The van der Waals surface area contributed by atoms with Crippen molar-refractivity contribution in [2.75, 3.05) is 12.3 Å². The number of hydrogen-bond donors (Lipinski definition) is 2. The topological polar surface area (TPSA) is 60.0 Å². The molecule has 0 radical (unpaired) electrons. The van der Waals surface area contributed by atoms with Crippen molar-refractivity contribution in [1.82, 2.24) is 0 Å². The smallest absolute Gasteiger partial charge is 0.231 e. The Morgan fingerprint density at radius 1 is 1.21 bits per heavy atom. The second-order valence-electron chi connectivity index (χ2n) is 5.43. The monoisotopic (exact) mass is 287 g/mol. The average Bonchev–Trinajstić information content (AvgIpc) is 2.76. The molecule has 0 saturated carbocycles. The first kappa shape index (κ1) is 14.2. The molecule has 0 fully saturated rings. The van der Waals surface area contributed by atoms with E-state index in [1.54, 1.807) is 39.8 Å². The zero-order chi connectivity index (χ0) is 14.3. The standard InChI is InChI=1S/C13H18ClNO4/c1-12(2,16)13(3,4)19-15-9-6-5-8(14)10-11(9)18-7-17-10/h5-6,15-16H,7H2,1-4H3. The summed E-state index contributed by atoms with van der Waals surface area (Å²) in [6.45, 7) is 7.06. The molecule has 0 unspecified atom stereocenters. The van der Waals surface area contributed by atoms with Gasteiger partial charge in [0.25, 0.3) is 0 Å². The number of halogens is 1. The van der Waals surface area contributed by atoms with E-state index in [1.807, 2.05) is 0 Å². The van der Waals surface area contributed by atoms with Crippen LogP contribution in [-0.4, -0.2) is 23.1 Å². The van der Waals surface area contributed by atoms with Gasteiger partial charge in [0.2, 0.25) is 6.79 Å². The highest BCUT2D eigenvalue weighted by molar-refractivity contribution is 6.32. The van der Waals surface area contributed by atoms with Gasteiger partial charge < -0.3 is 14.6 Å². The van der Waals surface area contributed by atoms with Crippen molar-refractivity contribution in [1.29, 1.82) is 0 Å². The third kappa shape index (κ3) is 2.73. The second-order valence-corrected chi connectivity index (χ2v) is 5.84. The molecule has 1 aliphatic rings. The van der Waals surface area contributed by atoms with Gasteiger partial charge in [0.15, 0.2) is 11.5 Å². The largest absolute Gasteiger partial charge is 0.452 e. The zero-order valence-electron chi connectivity index (χ0n) is 11.4. The van der Waals surface area contributed by atoms with E-state index in [1.165, 1.54) is 0 Å². The Morgan fingerprint density at radius 3 is 2.47 bits per heavy atom. The van der Waals surface area contributed by atoms with Crippen molar-refractivity contribution in [3.8, 4) is 11.5 Å². The average molecular weight is 288 g/mol. The minimum Gasteiger partial charge on any atom is -0.452 e. The third-order valence-corrected chi connectivity index (χ3v) is 3.66. The summed E-state index contributed by atoms with van der Waals surface area (Å²) in [4.78, 5) is 5.57. The van der Waals surface area contributed by atoms with Crippen molar-refractivity contribution in [3.05, 3.63) is 17.2 Å². The molecule has 1 aliphatic heterocycles. The number of anilines is 1. The molecule has 5 nitrogen and oxygen atoms in total. The third-order valence-electron chi connectivity index (χ3n) is 3.36. The second kappa shape index (κ2) is 4.74. The molecule has 0 amide bonds. The van der Waals surface area contributed by atoms with E-state index < -0.39 is 11.2 Å². The summed E-state index contributed by atoms with van der Waals surface area (Å²) in [5, 5.41) is 10.5. The molecule has 0 aromatic heterocycles. The summed E-state index contributed by atoms with van der Waals surface area (Å²) in [7, 11) is 0. The van der Waals surface area contributed by atoms with E-state index in [-0.39, 0.29) is 6.79 Å². The first-order valence-electron chi connectivity index (χ1n) is 5.97. The van der Waals surface area contributed by atoms with E-state index in [9.17, 15) is 5.11 Å². The van der Waals surface area contributed by atoms with E-state index in [4.69, 9.17) is 25.9 Å². The van der Waals surface area contributed by atoms with Crippen LogP contribution in [0.3, 0.4) is 0 Å². The van der Waals surface area contributed by atoms with Crippen molar-refractivity contribution in [3.63, 3.8) is 0 Å². The van der Waals surface area contributed by atoms with Crippen LogP contribution < -0.4 is 15.0 Å². The lowest BCUT2D eigenvalue weighted by molar-refractivity contribution is -0.130. The van der Waals surface area contributed by atoms with Gasteiger partial charge in [0.1, 0.15) is 11.3 Å². The predicted octanol–water partition coefficient (Wildman–Crippen LogP) is 2.96. The first-order valence-corrected chi connectivity index (χ1v) is 6.35. The van der Waals surface area contributed by atoms with E-state index in [0.717, 1.165) is 0 Å². The summed E-state index contributed by atoms with van der Waals surface area (Å²) in [6, 6.07) is 3.42. The maximum absolute atomic E-state index is 10.0. The molecular weight excluding hydrogens is 270 g/mol. The molecule has 2 N–H and O–H groups in total. The van der Waals surface area contributed by atoms with Gasteiger partial charge in [-0.15, -0.1) is 0 Å². The molecule has 2 rings (SSSR count). The molecule has 0 atom stereocenters. The van der Waals surface area contributed by atoms with Crippen LogP contribution in [0.25, 0.3) is 0 Å². The molecular formula is C13H18ClNO4. The van der Waals surface area contributed by atoms with Gasteiger partial charge in [-0.1, -0.05) is 11.6 Å². The van der Waals surface area contributed by atoms with Crippen molar-refractivity contribution >= 4 is 17.3 Å². The Morgan fingerprint density at radius 2 is 1.84 bits per heavy atom. The predicted molar refractivity (Wildman–Crippen MR) is 72.7 cm³/mol. The SMILES string of the molecule is CC(C)(O)C(C)(C)ONc1ccc(Cl)c2c1OCO2. The highest BCUT2D eigenvalue weighted by atomic mass is 35.5. The fraction of sp³-hybridized carbons (Fsp3) is 0.538. The van der Waals surface area contributed by atoms with Gasteiger partial charge >= 0.3 is 0 Å². The molecule has 0 aliphatic carbocycles. The van der Waals surface area contributed by atoms with Gasteiger partial charge in [-0.2, -0.15) is 0 Å². The van der Waals surface area contributed by atoms with Crippen LogP contribution >= 0.6 is 11.6 Å². The molecule has 19 heavy (non-hydrogen) atoms. The summed E-state index contributed by atoms with van der Waals surface area (Å²) >= 11 is 5.99. The molecule has 0 bridgehead atoms.